The zero-order chi connectivity index (χ0) is 37.6. The Morgan fingerprint density at radius 1 is 0.833 bits per heavy atom. The summed E-state index contributed by atoms with van der Waals surface area (Å²) in [5, 5.41) is 21.0. The van der Waals surface area contributed by atoms with Gasteiger partial charge in [0.1, 0.15) is 11.8 Å². The predicted molar refractivity (Wildman–Crippen MR) is 208 cm³/mol. The Bertz CT molecular complexity index is 2170. The molecule has 13 nitrogen and oxygen atoms in total. The highest BCUT2D eigenvalue weighted by atomic mass is 16.5. The number of imidazole rings is 1. The number of carbonyl (C=O) groups excluding carboxylic acids is 2. The number of hydrogen-bond donors (Lipinski definition) is 3. The molecule has 4 heterocycles. The van der Waals surface area contributed by atoms with Crippen LogP contribution in [0.5, 0.6) is 5.75 Å². The molecule has 0 radical (unpaired) electrons. The number of nitrogens with two attached hydrogens (primary N) is 1. The zero-order valence-electron chi connectivity index (χ0n) is 30.7. The molecule has 5 aromatic rings. The fourth-order valence-corrected chi connectivity index (χ4v) is 7.49. The van der Waals surface area contributed by atoms with Gasteiger partial charge in [0.2, 0.25) is 11.8 Å². The van der Waals surface area contributed by atoms with Crippen LogP contribution in [-0.2, 0) is 34.3 Å². The van der Waals surface area contributed by atoms with Crippen LogP contribution in [0, 0.1) is 0 Å². The number of aromatic hydroxyl groups is 1. The standard InChI is InChI=1S/C41H48N8O5/c1-46-36-25-28(12-15-34(36)49(41(46)53)35-16-17-38(51)43-40(35)52)7-6-24-54-23-5-4-18-47-19-21-48(22-20-47)27-29-10-13-30(14-11-29)32-26-33(44-45-39(32)42)31-8-2-3-9-37(31)50/h2-3,8-15,25-26,35,50H,4-7,16-24,27H2,1H3,(H2,42,45)(H,43,51,52). The molecule has 7 rings (SSSR count). The number of aromatic nitrogens is 4. The molecule has 13 heteroatoms. The third-order valence-electron chi connectivity index (χ3n) is 10.6. The number of imide groups is 1. The number of phenols is 1. The lowest BCUT2D eigenvalue weighted by Gasteiger charge is -2.34. The van der Waals surface area contributed by atoms with E-state index in [0.717, 1.165) is 93.8 Å². The van der Waals surface area contributed by atoms with Crippen molar-refractivity contribution in [2.45, 2.75) is 51.1 Å². The molecule has 2 amide bonds. The van der Waals surface area contributed by atoms with Gasteiger partial charge in [0.15, 0.2) is 5.82 Å². The van der Waals surface area contributed by atoms with Crippen molar-refractivity contribution in [3.63, 3.8) is 0 Å². The van der Waals surface area contributed by atoms with Crippen molar-refractivity contribution in [2.75, 3.05) is 51.7 Å². The van der Waals surface area contributed by atoms with E-state index in [1.807, 2.05) is 36.4 Å². The van der Waals surface area contributed by atoms with E-state index in [4.69, 9.17) is 10.5 Å². The zero-order valence-corrected chi connectivity index (χ0v) is 30.7. The summed E-state index contributed by atoms with van der Waals surface area (Å²) in [5.41, 5.74) is 12.7. The number of piperazine rings is 1. The molecule has 0 saturated carbocycles. The summed E-state index contributed by atoms with van der Waals surface area (Å²) in [6.45, 7) is 7.58. The molecule has 2 aromatic heterocycles. The van der Waals surface area contributed by atoms with Crippen LogP contribution in [0.1, 0.15) is 49.3 Å². The molecule has 1 atom stereocenters. The van der Waals surface area contributed by atoms with Gasteiger partial charge in [-0.15, -0.1) is 10.2 Å². The molecule has 4 N–H and O–H groups in total. The topological polar surface area (TPSA) is 161 Å². The Balaban J connectivity index is 0.788. The number of carbonyl (C=O) groups is 2. The van der Waals surface area contributed by atoms with E-state index >= 15 is 0 Å². The quantitative estimate of drug-likeness (QED) is 0.111. The van der Waals surface area contributed by atoms with Crippen LogP contribution < -0.4 is 16.7 Å². The second-order valence-electron chi connectivity index (χ2n) is 14.3. The van der Waals surface area contributed by atoms with Crippen LogP contribution in [0.3, 0.4) is 0 Å². The summed E-state index contributed by atoms with van der Waals surface area (Å²) in [4.78, 5) is 42.1. The van der Waals surface area contributed by atoms with E-state index in [-0.39, 0.29) is 23.8 Å². The first kappa shape index (κ1) is 37.0. The number of anilines is 1. The molecule has 3 aromatic carbocycles. The third kappa shape index (κ3) is 8.38. The highest BCUT2D eigenvalue weighted by Crippen LogP contribution is 2.32. The SMILES string of the molecule is Cn1c(=O)n(C2CCC(=O)NC2=O)c2ccc(CCCOCCCCN3CCN(Cc4ccc(-c5cc(-c6ccccc6O)nnc5N)cc4)CC3)cc21. The molecule has 2 aliphatic rings. The van der Waals surface area contributed by atoms with Gasteiger partial charge in [0, 0.05) is 70.5 Å². The first-order valence-electron chi connectivity index (χ1n) is 18.8. The summed E-state index contributed by atoms with van der Waals surface area (Å²) in [7, 11) is 1.72. The number of phenolic OH excluding ortho intramolecular Hbond substituents is 1. The number of fused-ring (bicyclic) bond motifs is 1. The second kappa shape index (κ2) is 16.8. The molecular weight excluding hydrogens is 685 g/mol. The highest BCUT2D eigenvalue weighted by molar-refractivity contribution is 6.00. The molecular formula is C41H48N8O5. The van der Waals surface area contributed by atoms with Crippen molar-refractivity contribution in [1.82, 2.24) is 34.4 Å². The average molecular weight is 733 g/mol. The van der Waals surface area contributed by atoms with Gasteiger partial charge in [-0.2, -0.15) is 0 Å². The van der Waals surface area contributed by atoms with Crippen LogP contribution >= 0.6 is 0 Å². The largest absolute Gasteiger partial charge is 0.507 e. The third-order valence-corrected chi connectivity index (χ3v) is 10.6. The number of nitrogens with one attached hydrogen (secondary N) is 1. The Morgan fingerprint density at radius 2 is 1.57 bits per heavy atom. The summed E-state index contributed by atoms with van der Waals surface area (Å²) in [6.07, 6.45) is 4.40. The first-order chi connectivity index (χ1) is 26.2. The molecule has 0 bridgehead atoms. The highest BCUT2D eigenvalue weighted by Gasteiger charge is 2.31. The van der Waals surface area contributed by atoms with E-state index in [2.05, 4.69) is 49.6 Å². The minimum Gasteiger partial charge on any atom is -0.507 e. The number of unbranched alkanes of at least 4 members (excludes halogenated alkanes) is 1. The van der Waals surface area contributed by atoms with Crippen molar-refractivity contribution >= 4 is 28.7 Å². The lowest BCUT2D eigenvalue weighted by atomic mass is 10.0. The number of para-hydroxylation sites is 1. The number of rotatable bonds is 14. The maximum Gasteiger partial charge on any atom is 0.329 e. The van der Waals surface area contributed by atoms with Gasteiger partial charge in [-0.3, -0.25) is 28.9 Å². The molecule has 282 valence electrons. The van der Waals surface area contributed by atoms with Gasteiger partial charge in [-0.25, -0.2) is 4.79 Å². The Labute approximate surface area is 314 Å². The second-order valence-corrected chi connectivity index (χ2v) is 14.3. The first-order valence-corrected chi connectivity index (χ1v) is 18.8. The van der Waals surface area contributed by atoms with Crippen LogP contribution in [-0.4, -0.2) is 92.0 Å². The van der Waals surface area contributed by atoms with Gasteiger partial charge in [-0.1, -0.05) is 42.5 Å². The minimum absolute atomic E-state index is 0.155. The van der Waals surface area contributed by atoms with E-state index in [0.29, 0.717) is 35.6 Å². The Kier molecular flexibility index (Phi) is 11.5. The lowest BCUT2D eigenvalue weighted by molar-refractivity contribution is -0.135. The molecule has 54 heavy (non-hydrogen) atoms. The maximum absolute atomic E-state index is 13.0. The van der Waals surface area contributed by atoms with Crippen LogP contribution in [0.25, 0.3) is 33.4 Å². The van der Waals surface area contributed by atoms with Crippen molar-refractivity contribution in [3.8, 4) is 28.1 Å². The van der Waals surface area contributed by atoms with Gasteiger partial charge >= 0.3 is 5.69 Å². The number of benzene rings is 3. The maximum atomic E-state index is 13.0. The number of nitrogen functional groups attached to an aromatic ring is 1. The Hall–Kier alpha value is -5.37. The molecule has 0 aliphatic carbocycles. The summed E-state index contributed by atoms with van der Waals surface area (Å²) < 4.78 is 9.05. The van der Waals surface area contributed by atoms with E-state index < -0.39 is 11.9 Å². The fraction of sp³-hybridized carbons (Fsp3) is 0.390. The normalized spacial score (nSPS) is 16.9. The molecule has 2 saturated heterocycles. The van der Waals surface area contributed by atoms with Gasteiger partial charge in [0.25, 0.3) is 0 Å². The van der Waals surface area contributed by atoms with E-state index in [9.17, 15) is 19.5 Å². The van der Waals surface area contributed by atoms with Crippen molar-refractivity contribution in [3.05, 3.63) is 94.4 Å². The van der Waals surface area contributed by atoms with Crippen LogP contribution in [0.4, 0.5) is 5.82 Å². The smallest absolute Gasteiger partial charge is 0.329 e. The molecule has 2 aliphatic heterocycles. The lowest BCUT2D eigenvalue weighted by Crippen LogP contribution is -2.46. The number of piperidine rings is 1. The average Bonchev–Trinajstić information content (AvgIpc) is 3.42. The molecule has 2 fully saturated rings. The number of nitrogens with zero attached hydrogens (tertiary/aromatic N) is 6. The number of amides is 2. The summed E-state index contributed by atoms with van der Waals surface area (Å²) >= 11 is 0. The van der Waals surface area contributed by atoms with Crippen molar-refractivity contribution in [1.29, 1.82) is 0 Å². The van der Waals surface area contributed by atoms with Crippen LogP contribution in [0.15, 0.2) is 77.6 Å². The summed E-state index contributed by atoms with van der Waals surface area (Å²) in [6, 6.07) is 22.6. The summed E-state index contributed by atoms with van der Waals surface area (Å²) in [5.74, 6) is -0.209. The van der Waals surface area contributed by atoms with E-state index in [1.54, 1.807) is 23.7 Å². The molecule has 0 spiro atoms. The predicted octanol–water partition coefficient (Wildman–Crippen LogP) is 4.28. The minimum atomic E-state index is -0.676. The van der Waals surface area contributed by atoms with Crippen LogP contribution in [0.2, 0.25) is 0 Å². The number of hydrogen-bond acceptors (Lipinski definition) is 10. The van der Waals surface area contributed by atoms with Gasteiger partial charge < -0.3 is 20.5 Å². The number of ether oxygens (including phenoxy) is 1. The van der Waals surface area contributed by atoms with Gasteiger partial charge in [0.05, 0.1) is 16.7 Å². The fourth-order valence-electron chi connectivity index (χ4n) is 7.49. The van der Waals surface area contributed by atoms with Gasteiger partial charge in [-0.05, 0) is 85.7 Å². The van der Waals surface area contributed by atoms with Crippen molar-refractivity contribution in [2.24, 2.45) is 7.05 Å². The number of aryl methyl sites for hydroxylation is 2. The van der Waals surface area contributed by atoms with E-state index in [1.165, 1.54) is 10.1 Å². The van der Waals surface area contributed by atoms with Crippen molar-refractivity contribution < 1.29 is 19.4 Å². The molecule has 1 unspecified atom stereocenters. The monoisotopic (exact) mass is 732 g/mol. The Morgan fingerprint density at radius 3 is 2.35 bits per heavy atom.